The van der Waals surface area contributed by atoms with Gasteiger partial charge in [0.05, 0.1) is 5.56 Å². The Morgan fingerprint density at radius 1 is 1.17 bits per heavy atom. The first kappa shape index (κ1) is 18.3. The fraction of sp³-hybridized carbons (Fsp3) is 0.667. The summed E-state index contributed by atoms with van der Waals surface area (Å²) in [5.41, 5.74) is -0.0759. The molecular formula is C18H26F3NO. The molecule has 1 unspecified atom stereocenters. The lowest BCUT2D eigenvalue weighted by atomic mass is 9.90. The van der Waals surface area contributed by atoms with Gasteiger partial charge in [0.15, 0.2) is 0 Å². The van der Waals surface area contributed by atoms with Gasteiger partial charge in [0.2, 0.25) is 0 Å². The van der Waals surface area contributed by atoms with Gasteiger partial charge in [0, 0.05) is 13.2 Å². The van der Waals surface area contributed by atoms with Crippen molar-refractivity contribution < 1.29 is 18.3 Å². The van der Waals surface area contributed by atoms with E-state index in [1.165, 1.54) is 12.1 Å². The predicted octanol–water partition coefficient (Wildman–Crippen LogP) is 4.12. The summed E-state index contributed by atoms with van der Waals surface area (Å²) in [6.07, 6.45) is 1.06. The Balaban J connectivity index is 1.86. The van der Waals surface area contributed by atoms with E-state index in [9.17, 15) is 13.2 Å². The molecule has 1 aliphatic rings. The molecule has 2 rings (SSSR count). The van der Waals surface area contributed by atoms with Crippen molar-refractivity contribution >= 4 is 0 Å². The molecule has 0 saturated carbocycles. The van der Waals surface area contributed by atoms with E-state index in [1.807, 2.05) is 0 Å². The number of aryl methyl sites for hydroxylation is 1. The average Bonchev–Trinajstić information content (AvgIpc) is 2.53. The molecule has 1 aromatic rings. The van der Waals surface area contributed by atoms with Crippen LogP contribution < -0.4 is 0 Å². The smallest absolute Gasteiger partial charge is 0.396 e. The number of aliphatic hydroxyl groups is 1. The molecule has 1 N–H and O–H groups in total. The summed E-state index contributed by atoms with van der Waals surface area (Å²) in [7, 11) is 0. The van der Waals surface area contributed by atoms with Crippen LogP contribution in [0.25, 0.3) is 0 Å². The van der Waals surface area contributed by atoms with Crippen molar-refractivity contribution in [3.63, 3.8) is 0 Å². The lowest BCUT2D eigenvalue weighted by molar-refractivity contribution is -0.138. The highest BCUT2D eigenvalue weighted by Gasteiger charge is 2.33. The van der Waals surface area contributed by atoms with Crippen LogP contribution in [0.4, 0.5) is 13.2 Å². The van der Waals surface area contributed by atoms with Crippen LogP contribution in [-0.4, -0.2) is 36.2 Å². The van der Waals surface area contributed by atoms with Crippen molar-refractivity contribution in [2.75, 3.05) is 26.2 Å². The Morgan fingerprint density at radius 3 is 2.70 bits per heavy atom. The van der Waals surface area contributed by atoms with Crippen molar-refractivity contribution in [2.45, 2.75) is 44.7 Å². The fourth-order valence-corrected chi connectivity index (χ4v) is 3.41. The summed E-state index contributed by atoms with van der Waals surface area (Å²) < 4.78 is 39.1. The third kappa shape index (κ3) is 5.81. The second-order valence-corrected chi connectivity index (χ2v) is 6.43. The topological polar surface area (TPSA) is 23.5 Å². The van der Waals surface area contributed by atoms with Gasteiger partial charge in [0.1, 0.15) is 0 Å². The highest BCUT2D eigenvalue weighted by molar-refractivity contribution is 5.29. The van der Waals surface area contributed by atoms with Crippen LogP contribution in [0.1, 0.15) is 43.2 Å². The molecule has 0 radical (unpaired) electrons. The zero-order valence-corrected chi connectivity index (χ0v) is 13.5. The molecule has 0 aromatic heterocycles. The van der Waals surface area contributed by atoms with Gasteiger partial charge < -0.3 is 10.0 Å². The second-order valence-electron chi connectivity index (χ2n) is 6.43. The first-order valence-electron chi connectivity index (χ1n) is 8.49. The minimum Gasteiger partial charge on any atom is -0.396 e. The van der Waals surface area contributed by atoms with E-state index in [1.54, 1.807) is 12.1 Å². The Morgan fingerprint density at radius 2 is 1.96 bits per heavy atom. The number of nitrogens with zero attached hydrogens (tertiary/aromatic N) is 1. The number of hydrogen-bond donors (Lipinski definition) is 1. The number of benzene rings is 1. The summed E-state index contributed by atoms with van der Waals surface area (Å²) in [4.78, 5) is 2.39. The number of halogens is 3. The molecular weight excluding hydrogens is 303 g/mol. The molecule has 1 heterocycles. The van der Waals surface area contributed by atoms with Gasteiger partial charge in [-0.2, -0.15) is 13.2 Å². The highest BCUT2D eigenvalue weighted by Crippen LogP contribution is 2.33. The van der Waals surface area contributed by atoms with Crippen LogP contribution in [0.15, 0.2) is 24.3 Å². The number of aliphatic hydroxyl groups excluding tert-OH is 1. The monoisotopic (exact) mass is 329 g/mol. The summed E-state index contributed by atoms with van der Waals surface area (Å²) in [5, 5.41) is 8.84. The normalized spacial score (nSPS) is 19.9. The molecule has 0 aliphatic carbocycles. The van der Waals surface area contributed by atoms with E-state index in [2.05, 4.69) is 4.90 Å². The Hall–Kier alpha value is -1.07. The minimum atomic E-state index is -4.26. The van der Waals surface area contributed by atoms with Crippen LogP contribution in [-0.2, 0) is 12.6 Å². The molecule has 0 bridgehead atoms. The Kier molecular flexibility index (Phi) is 6.90. The number of unbranched alkanes of at least 4 members (excludes halogenated alkanes) is 1. The maximum absolute atomic E-state index is 13.0. The van der Waals surface area contributed by atoms with Gasteiger partial charge in [-0.1, -0.05) is 18.2 Å². The minimum absolute atomic E-state index is 0.228. The van der Waals surface area contributed by atoms with Gasteiger partial charge in [-0.05, 0) is 69.2 Å². The van der Waals surface area contributed by atoms with Crippen LogP contribution >= 0.6 is 0 Å². The summed E-state index contributed by atoms with van der Waals surface area (Å²) >= 11 is 0. The van der Waals surface area contributed by atoms with E-state index in [0.29, 0.717) is 17.9 Å². The van der Waals surface area contributed by atoms with Crippen LogP contribution in [0.3, 0.4) is 0 Å². The predicted molar refractivity (Wildman–Crippen MR) is 85.2 cm³/mol. The molecule has 23 heavy (non-hydrogen) atoms. The van der Waals surface area contributed by atoms with Gasteiger partial charge in [-0.3, -0.25) is 0 Å². The van der Waals surface area contributed by atoms with Crippen LogP contribution in [0.2, 0.25) is 0 Å². The standard InChI is InChI=1S/C18H26F3NO/c19-18(20,21)17-8-2-1-7-16(17)10-9-15-6-5-12-22(14-15)11-3-4-13-23/h1-2,7-8,15,23H,3-6,9-14H2. The van der Waals surface area contributed by atoms with Crippen molar-refractivity contribution in [2.24, 2.45) is 5.92 Å². The van der Waals surface area contributed by atoms with E-state index < -0.39 is 11.7 Å². The maximum Gasteiger partial charge on any atom is 0.416 e. The van der Waals surface area contributed by atoms with E-state index in [4.69, 9.17) is 5.11 Å². The number of alkyl halides is 3. The van der Waals surface area contributed by atoms with E-state index >= 15 is 0 Å². The highest BCUT2D eigenvalue weighted by atomic mass is 19.4. The zero-order chi connectivity index (χ0) is 16.7. The van der Waals surface area contributed by atoms with Crippen molar-refractivity contribution in [1.82, 2.24) is 4.90 Å². The van der Waals surface area contributed by atoms with Gasteiger partial charge in [-0.15, -0.1) is 0 Å². The molecule has 1 fully saturated rings. The third-order valence-electron chi connectivity index (χ3n) is 4.63. The second kappa shape index (κ2) is 8.69. The molecule has 0 amide bonds. The van der Waals surface area contributed by atoms with E-state index in [-0.39, 0.29) is 6.61 Å². The largest absolute Gasteiger partial charge is 0.416 e. The number of likely N-dealkylation sites (tertiary alicyclic amines) is 1. The molecule has 0 spiro atoms. The van der Waals surface area contributed by atoms with Crippen molar-refractivity contribution in [1.29, 1.82) is 0 Å². The number of hydrogen-bond acceptors (Lipinski definition) is 2. The Bertz CT molecular complexity index is 476. The summed E-state index contributed by atoms with van der Waals surface area (Å²) in [6, 6.07) is 5.92. The molecule has 1 aliphatic heterocycles. The van der Waals surface area contributed by atoms with Crippen molar-refractivity contribution in [3.05, 3.63) is 35.4 Å². The summed E-state index contributed by atoms with van der Waals surface area (Å²) in [6.45, 7) is 3.25. The number of piperidine rings is 1. The SMILES string of the molecule is OCCCCN1CCCC(CCc2ccccc2C(F)(F)F)C1. The fourth-order valence-electron chi connectivity index (χ4n) is 3.41. The lowest BCUT2D eigenvalue weighted by Gasteiger charge is -2.33. The molecule has 1 saturated heterocycles. The quantitative estimate of drug-likeness (QED) is 0.761. The van der Waals surface area contributed by atoms with Crippen molar-refractivity contribution in [3.8, 4) is 0 Å². The third-order valence-corrected chi connectivity index (χ3v) is 4.63. The first-order chi connectivity index (χ1) is 11.0. The van der Waals surface area contributed by atoms with Gasteiger partial charge in [0.25, 0.3) is 0 Å². The van der Waals surface area contributed by atoms with Gasteiger partial charge in [-0.25, -0.2) is 0 Å². The number of rotatable bonds is 7. The molecule has 1 atom stereocenters. The zero-order valence-electron chi connectivity index (χ0n) is 13.5. The molecule has 1 aromatic carbocycles. The van der Waals surface area contributed by atoms with Gasteiger partial charge >= 0.3 is 6.18 Å². The molecule has 130 valence electrons. The average molecular weight is 329 g/mol. The first-order valence-corrected chi connectivity index (χ1v) is 8.49. The summed E-state index contributed by atoms with van der Waals surface area (Å²) in [5.74, 6) is 0.471. The molecule has 5 heteroatoms. The van der Waals surface area contributed by atoms with E-state index in [0.717, 1.165) is 51.7 Å². The Labute approximate surface area is 136 Å². The van der Waals surface area contributed by atoms with Crippen LogP contribution in [0, 0.1) is 5.92 Å². The lowest BCUT2D eigenvalue weighted by Crippen LogP contribution is -2.36. The molecule has 2 nitrogen and oxygen atoms in total. The maximum atomic E-state index is 13.0. The van der Waals surface area contributed by atoms with Crippen LogP contribution in [0.5, 0.6) is 0 Å².